The van der Waals surface area contributed by atoms with Crippen molar-refractivity contribution in [3.63, 3.8) is 0 Å². The van der Waals surface area contributed by atoms with Crippen molar-refractivity contribution in [1.82, 2.24) is 0 Å². The van der Waals surface area contributed by atoms with Gasteiger partial charge in [-0.25, -0.2) is 0 Å². The molecule has 0 radical (unpaired) electrons. The predicted octanol–water partition coefficient (Wildman–Crippen LogP) is 3.58. The van der Waals surface area contributed by atoms with Crippen LogP contribution in [0.4, 0.5) is 13.2 Å². The summed E-state index contributed by atoms with van der Waals surface area (Å²) in [6.07, 6.45) is -4.51. The van der Waals surface area contributed by atoms with Crippen molar-refractivity contribution < 1.29 is 27.8 Å². The van der Waals surface area contributed by atoms with E-state index in [4.69, 9.17) is 9.47 Å². The maximum atomic E-state index is 13.4. The Morgan fingerprint density at radius 3 is 2.45 bits per heavy atom. The zero-order valence-electron chi connectivity index (χ0n) is 12.3. The monoisotopic (exact) mass is 316 g/mol. The van der Waals surface area contributed by atoms with Crippen LogP contribution in [0.15, 0.2) is 42.2 Å². The third kappa shape index (κ3) is 3.62. The second-order valence-electron chi connectivity index (χ2n) is 5.22. The van der Waals surface area contributed by atoms with Gasteiger partial charge in [-0.2, -0.15) is 13.2 Å². The molecule has 1 N–H and O–H groups in total. The summed E-state index contributed by atoms with van der Waals surface area (Å²) >= 11 is 0. The number of halogens is 3. The summed E-state index contributed by atoms with van der Waals surface area (Å²) in [4.78, 5) is 0. The minimum atomic E-state index is -4.78. The molecule has 0 spiro atoms. The molecule has 0 unspecified atom stereocenters. The fourth-order valence-electron chi connectivity index (χ4n) is 2.46. The maximum Gasteiger partial charge on any atom is 0.421 e. The summed E-state index contributed by atoms with van der Waals surface area (Å²) in [7, 11) is 0. The molecule has 22 heavy (non-hydrogen) atoms. The second kappa shape index (κ2) is 6.71. The Morgan fingerprint density at radius 1 is 1.27 bits per heavy atom. The van der Waals surface area contributed by atoms with Gasteiger partial charge in [0.15, 0.2) is 11.9 Å². The third-order valence-electron chi connectivity index (χ3n) is 3.67. The van der Waals surface area contributed by atoms with Crippen molar-refractivity contribution in [2.75, 3.05) is 6.61 Å². The lowest BCUT2D eigenvalue weighted by Gasteiger charge is -2.35. The minimum Gasteiger partial charge on any atom is -0.472 e. The van der Waals surface area contributed by atoms with Gasteiger partial charge in [-0.1, -0.05) is 30.3 Å². The number of benzene rings is 1. The third-order valence-corrected chi connectivity index (χ3v) is 3.67. The molecule has 1 aliphatic heterocycles. The van der Waals surface area contributed by atoms with Gasteiger partial charge in [0, 0.05) is 25.0 Å². The Kier molecular flexibility index (Phi) is 5.13. The summed E-state index contributed by atoms with van der Waals surface area (Å²) in [5.41, 5.74) is -2.68. The molecule has 3 nitrogen and oxygen atoms in total. The number of rotatable bonds is 5. The zero-order chi connectivity index (χ0) is 16.2. The minimum absolute atomic E-state index is 0.0769. The van der Waals surface area contributed by atoms with Crippen LogP contribution in [0.5, 0.6) is 0 Å². The van der Waals surface area contributed by atoms with Gasteiger partial charge >= 0.3 is 6.18 Å². The highest BCUT2D eigenvalue weighted by atomic mass is 19.4. The van der Waals surface area contributed by atoms with E-state index in [-0.39, 0.29) is 18.4 Å². The Morgan fingerprint density at radius 2 is 1.95 bits per heavy atom. The molecule has 0 saturated heterocycles. The van der Waals surface area contributed by atoms with E-state index >= 15 is 0 Å². The molecule has 0 aromatic heterocycles. The SMILES string of the molecule is CCO[C@H]1CCC([C@@](O)(Cc2ccccc2)C(F)(F)F)=CO1. The van der Waals surface area contributed by atoms with E-state index in [1.54, 1.807) is 37.3 Å². The number of ether oxygens (including phenoxy) is 2. The first-order valence-corrected chi connectivity index (χ1v) is 7.16. The van der Waals surface area contributed by atoms with Crippen LogP contribution in [-0.4, -0.2) is 29.8 Å². The molecule has 1 aliphatic rings. The van der Waals surface area contributed by atoms with Crippen molar-refractivity contribution in [2.24, 2.45) is 0 Å². The van der Waals surface area contributed by atoms with Crippen LogP contribution in [0, 0.1) is 0 Å². The lowest BCUT2D eigenvalue weighted by Crippen LogP contribution is -2.49. The molecule has 0 fully saturated rings. The van der Waals surface area contributed by atoms with Gasteiger partial charge < -0.3 is 14.6 Å². The predicted molar refractivity (Wildman–Crippen MR) is 75.0 cm³/mol. The molecular weight excluding hydrogens is 297 g/mol. The first-order chi connectivity index (χ1) is 10.4. The second-order valence-corrected chi connectivity index (χ2v) is 5.22. The van der Waals surface area contributed by atoms with E-state index in [1.807, 2.05) is 0 Å². The van der Waals surface area contributed by atoms with Gasteiger partial charge in [0.1, 0.15) is 0 Å². The number of aliphatic hydroxyl groups is 1. The van der Waals surface area contributed by atoms with Crippen LogP contribution in [-0.2, 0) is 15.9 Å². The van der Waals surface area contributed by atoms with Gasteiger partial charge in [-0.15, -0.1) is 0 Å². The van der Waals surface area contributed by atoms with Gasteiger partial charge in [0.25, 0.3) is 0 Å². The molecular formula is C16H19F3O3. The normalized spacial score (nSPS) is 21.7. The average molecular weight is 316 g/mol. The highest BCUT2D eigenvalue weighted by Crippen LogP contribution is 2.42. The average Bonchev–Trinajstić information content (AvgIpc) is 2.48. The lowest BCUT2D eigenvalue weighted by atomic mass is 9.84. The van der Waals surface area contributed by atoms with Crippen LogP contribution in [0.2, 0.25) is 0 Å². The topological polar surface area (TPSA) is 38.7 Å². The van der Waals surface area contributed by atoms with Crippen LogP contribution in [0.3, 0.4) is 0 Å². The quantitative estimate of drug-likeness (QED) is 0.902. The largest absolute Gasteiger partial charge is 0.472 e. The number of hydrogen-bond donors (Lipinski definition) is 1. The van der Waals surface area contributed by atoms with Crippen LogP contribution < -0.4 is 0 Å². The van der Waals surface area contributed by atoms with Gasteiger partial charge in [0.05, 0.1) is 6.26 Å². The Labute approximate surface area is 127 Å². The first-order valence-electron chi connectivity index (χ1n) is 7.16. The maximum absolute atomic E-state index is 13.4. The van der Waals surface area contributed by atoms with E-state index in [9.17, 15) is 18.3 Å². The Bertz CT molecular complexity index is 513. The lowest BCUT2D eigenvalue weighted by molar-refractivity contribution is -0.247. The highest BCUT2D eigenvalue weighted by molar-refractivity contribution is 5.27. The summed E-state index contributed by atoms with van der Waals surface area (Å²) < 4.78 is 50.7. The summed E-state index contributed by atoms with van der Waals surface area (Å²) in [6.45, 7) is 2.20. The summed E-state index contributed by atoms with van der Waals surface area (Å²) in [5, 5.41) is 10.3. The van der Waals surface area contributed by atoms with Crippen molar-refractivity contribution >= 4 is 0 Å². The van der Waals surface area contributed by atoms with Gasteiger partial charge in [-0.3, -0.25) is 0 Å². The molecule has 122 valence electrons. The van der Waals surface area contributed by atoms with E-state index < -0.39 is 24.5 Å². The molecule has 0 aliphatic carbocycles. The van der Waals surface area contributed by atoms with Crippen LogP contribution in [0.1, 0.15) is 25.3 Å². The van der Waals surface area contributed by atoms with Crippen LogP contribution >= 0.6 is 0 Å². The van der Waals surface area contributed by atoms with Crippen molar-refractivity contribution in [3.05, 3.63) is 47.7 Å². The molecule has 0 saturated carbocycles. The highest BCUT2D eigenvalue weighted by Gasteiger charge is 2.56. The Balaban J connectivity index is 2.23. The van der Waals surface area contributed by atoms with E-state index in [0.29, 0.717) is 12.2 Å². The van der Waals surface area contributed by atoms with E-state index in [0.717, 1.165) is 6.26 Å². The molecule has 1 heterocycles. The molecule has 2 atom stereocenters. The van der Waals surface area contributed by atoms with Crippen molar-refractivity contribution in [2.45, 2.75) is 44.3 Å². The fourth-order valence-corrected chi connectivity index (χ4v) is 2.46. The standard InChI is InChI=1S/C16H19F3O3/c1-2-21-14-9-8-13(11-22-14)15(20,16(17,18)19)10-12-6-4-3-5-7-12/h3-7,11,14,20H,2,8-10H2,1H3/t14-,15+/m1/s1. The molecule has 6 heteroatoms. The molecule has 1 aromatic rings. The molecule has 0 amide bonds. The van der Waals surface area contributed by atoms with E-state index in [1.165, 1.54) is 0 Å². The van der Waals surface area contributed by atoms with Gasteiger partial charge in [0.2, 0.25) is 0 Å². The summed E-state index contributed by atoms with van der Waals surface area (Å²) in [5.74, 6) is 0. The van der Waals surface area contributed by atoms with E-state index in [2.05, 4.69) is 0 Å². The zero-order valence-corrected chi connectivity index (χ0v) is 12.3. The number of alkyl halides is 3. The fraction of sp³-hybridized carbons (Fsp3) is 0.500. The Hall–Kier alpha value is -1.53. The molecule has 0 bridgehead atoms. The molecule has 2 rings (SSSR count). The van der Waals surface area contributed by atoms with Crippen molar-refractivity contribution in [1.29, 1.82) is 0 Å². The first kappa shape index (κ1) is 16.8. The summed E-state index contributed by atoms with van der Waals surface area (Å²) in [6, 6.07) is 8.12. The van der Waals surface area contributed by atoms with Gasteiger partial charge in [-0.05, 0) is 18.9 Å². The molecule has 1 aromatic carbocycles. The smallest absolute Gasteiger partial charge is 0.421 e. The number of hydrogen-bond acceptors (Lipinski definition) is 3. The van der Waals surface area contributed by atoms with Crippen molar-refractivity contribution in [3.8, 4) is 0 Å². The van der Waals surface area contributed by atoms with Crippen LogP contribution in [0.25, 0.3) is 0 Å².